The van der Waals surface area contributed by atoms with Gasteiger partial charge in [-0.1, -0.05) is 0 Å². The summed E-state index contributed by atoms with van der Waals surface area (Å²) < 4.78 is 4.77. The van der Waals surface area contributed by atoms with Crippen LogP contribution in [0.15, 0.2) is 0 Å². The molecule has 16 heavy (non-hydrogen) atoms. The van der Waals surface area contributed by atoms with Crippen molar-refractivity contribution in [3.05, 3.63) is 0 Å². The third-order valence-electron chi connectivity index (χ3n) is 2.28. The summed E-state index contributed by atoms with van der Waals surface area (Å²) in [5.74, 6) is -0.108. The molecule has 1 rings (SSSR count). The van der Waals surface area contributed by atoms with Crippen LogP contribution in [0, 0.1) is 0 Å². The molecule has 0 aromatic carbocycles. The Labute approximate surface area is 95.9 Å². The highest BCUT2D eigenvalue weighted by atomic mass is 16.5. The van der Waals surface area contributed by atoms with Crippen molar-refractivity contribution in [2.24, 2.45) is 0 Å². The molecule has 0 aromatic rings. The van der Waals surface area contributed by atoms with Gasteiger partial charge in [0.1, 0.15) is 0 Å². The minimum Gasteiger partial charge on any atom is -0.466 e. The van der Waals surface area contributed by atoms with Crippen LogP contribution >= 0.6 is 0 Å². The van der Waals surface area contributed by atoms with Crippen LogP contribution in [0.1, 0.15) is 32.6 Å². The number of hydrogen-bond donors (Lipinski definition) is 2. The fourth-order valence-electron chi connectivity index (χ4n) is 1.28. The molecular formula is C11H20N2O3. The van der Waals surface area contributed by atoms with Crippen LogP contribution in [0.25, 0.3) is 0 Å². The van der Waals surface area contributed by atoms with Gasteiger partial charge in [-0.15, -0.1) is 0 Å². The topological polar surface area (TPSA) is 67.4 Å². The monoisotopic (exact) mass is 228 g/mol. The van der Waals surface area contributed by atoms with E-state index in [1.54, 1.807) is 6.92 Å². The second kappa shape index (κ2) is 7.22. The quantitative estimate of drug-likeness (QED) is 0.460. The first-order valence-electron chi connectivity index (χ1n) is 5.88. The summed E-state index contributed by atoms with van der Waals surface area (Å²) in [5.41, 5.74) is 0. The highest BCUT2D eigenvalue weighted by Crippen LogP contribution is 2.18. The van der Waals surface area contributed by atoms with Crippen molar-refractivity contribution in [1.82, 2.24) is 10.6 Å². The molecule has 0 atom stereocenters. The van der Waals surface area contributed by atoms with E-state index in [-0.39, 0.29) is 11.9 Å². The minimum absolute atomic E-state index is 0.0890. The molecule has 0 aliphatic heterocycles. The van der Waals surface area contributed by atoms with Crippen LogP contribution in [0.3, 0.4) is 0 Å². The minimum atomic E-state index is -0.197. The Hall–Kier alpha value is -1.10. The predicted octanol–water partition coefficient (Wildman–Crippen LogP) is 0.198. The lowest BCUT2D eigenvalue weighted by Gasteiger charge is -2.05. The number of nitrogens with one attached hydrogen (secondary N) is 2. The molecule has 5 nitrogen and oxygen atoms in total. The van der Waals surface area contributed by atoms with Gasteiger partial charge < -0.3 is 15.4 Å². The zero-order valence-corrected chi connectivity index (χ0v) is 9.75. The zero-order valence-electron chi connectivity index (χ0n) is 9.75. The van der Waals surface area contributed by atoms with Gasteiger partial charge in [0.15, 0.2) is 0 Å². The normalized spacial score (nSPS) is 14.6. The average molecular weight is 228 g/mol. The molecule has 0 aromatic heterocycles. The Bertz CT molecular complexity index is 239. The Morgan fingerprint density at radius 1 is 1.25 bits per heavy atom. The molecule has 1 saturated carbocycles. The SMILES string of the molecule is CCOC(=O)CCNCCC(=O)NC1CC1. The van der Waals surface area contributed by atoms with E-state index in [2.05, 4.69) is 10.6 Å². The highest BCUT2D eigenvalue weighted by Gasteiger charge is 2.22. The standard InChI is InChI=1S/C11H20N2O3/c1-2-16-11(15)6-8-12-7-5-10(14)13-9-3-4-9/h9,12H,2-8H2,1H3,(H,13,14). The van der Waals surface area contributed by atoms with Gasteiger partial charge in [-0.2, -0.15) is 0 Å². The molecular weight excluding hydrogens is 208 g/mol. The summed E-state index contributed by atoms with van der Waals surface area (Å²) in [5, 5.41) is 5.94. The molecule has 1 amide bonds. The van der Waals surface area contributed by atoms with Crippen molar-refractivity contribution in [1.29, 1.82) is 0 Å². The summed E-state index contributed by atoms with van der Waals surface area (Å²) in [6.07, 6.45) is 3.06. The molecule has 1 aliphatic carbocycles. The Morgan fingerprint density at radius 2 is 1.94 bits per heavy atom. The van der Waals surface area contributed by atoms with E-state index in [0.29, 0.717) is 38.6 Å². The second-order valence-electron chi connectivity index (χ2n) is 3.90. The fourth-order valence-corrected chi connectivity index (χ4v) is 1.28. The van der Waals surface area contributed by atoms with E-state index < -0.39 is 0 Å². The average Bonchev–Trinajstić information content (AvgIpc) is 3.01. The van der Waals surface area contributed by atoms with Gasteiger partial charge in [0.25, 0.3) is 0 Å². The third kappa shape index (κ3) is 6.40. The van der Waals surface area contributed by atoms with E-state index in [1.807, 2.05) is 0 Å². The number of esters is 1. The van der Waals surface area contributed by atoms with Crippen molar-refractivity contribution < 1.29 is 14.3 Å². The molecule has 1 aliphatic rings. The van der Waals surface area contributed by atoms with Crippen LogP contribution in [0.2, 0.25) is 0 Å². The van der Waals surface area contributed by atoms with Crippen LogP contribution in [-0.2, 0) is 14.3 Å². The highest BCUT2D eigenvalue weighted by molar-refractivity contribution is 5.76. The zero-order chi connectivity index (χ0) is 11.8. The maximum absolute atomic E-state index is 11.3. The van der Waals surface area contributed by atoms with Gasteiger partial charge >= 0.3 is 5.97 Å². The first-order chi connectivity index (χ1) is 7.72. The van der Waals surface area contributed by atoms with E-state index in [1.165, 1.54) is 0 Å². The van der Waals surface area contributed by atoms with Crippen molar-refractivity contribution in [3.63, 3.8) is 0 Å². The molecule has 0 spiro atoms. The van der Waals surface area contributed by atoms with Gasteiger partial charge in [-0.05, 0) is 19.8 Å². The largest absolute Gasteiger partial charge is 0.466 e. The number of rotatable bonds is 8. The molecule has 1 fully saturated rings. The van der Waals surface area contributed by atoms with E-state index >= 15 is 0 Å². The molecule has 0 unspecified atom stereocenters. The van der Waals surface area contributed by atoms with E-state index in [4.69, 9.17) is 4.74 Å². The second-order valence-corrected chi connectivity index (χ2v) is 3.90. The lowest BCUT2D eigenvalue weighted by atomic mass is 10.3. The Kier molecular flexibility index (Phi) is 5.85. The smallest absolute Gasteiger partial charge is 0.307 e. The summed E-state index contributed by atoms with van der Waals surface area (Å²) in [6, 6.07) is 0.423. The molecule has 0 saturated heterocycles. The summed E-state index contributed by atoms with van der Waals surface area (Å²) in [6.45, 7) is 3.38. The number of hydrogen-bond acceptors (Lipinski definition) is 4. The van der Waals surface area contributed by atoms with Crippen LogP contribution in [-0.4, -0.2) is 37.6 Å². The maximum atomic E-state index is 11.3. The molecule has 2 N–H and O–H groups in total. The number of carbonyl (C=O) groups is 2. The van der Waals surface area contributed by atoms with Crippen LogP contribution in [0.4, 0.5) is 0 Å². The van der Waals surface area contributed by atoms with E-state index in [0.717, 1.165) is 12.8 Å². The Balaban J connectivity index is 1.86. The van der Waals surface area contributed by atoms with Gasteiger partial charge in [0, 0.05) is 25.6 Å². The third-order valence-corrected chi connectivity index (χ3v) is 2.28. The van der Waals surface area contributed by atoms with Gasteiger partial charge in [0.2, 0.25) is 5.91 Å². The molecule has 5 heteroatoms. The van der Waals surface area contributed by atoms with Gasteiger partial charge in [-0.25, -0.2) is 0 Å². The van der Waals surface area contributed by atoms with Crippen LogP contribution in [0.5, 0.6) is 0 Å². The lowest BCUT2D eigenvalue weighted by Crippen LogP contribution is -2.29. The summed E-state index contributed by atoms with van der Waals surface area (Å²) in [7, 11) is 0. The van der Waals surface area contributed by atoms with Crippen LogP contribution < -0.4 is 10.6 Å². The lowest BCUT2D eigenvalue weighted by molar-refractivity contribution is -0.142. The van der Waals surface area contributed by atoms with Crippen molar-refractivity contribution >= 4 is 11.9 Å². The van der Waals surface area contributed by atoms with Gasteiger partial charge in [-0.3, -0.25) is 9.59 Å². The van der Waals surface area contributed by atoms with Gasteiger partial charge in [0.05, 0.1) is 13.0 Å². The Morgan fingerprint density at radius 3 is 2.56 bits per heavy atom. The first-order valence-corrected chi connectivity index (χ1v) is 5.88. The van der Waals surface area contributed by atoms with Crippen molar-refractivity contribution in [2.75, 3.05) is 19.7 Å². The molecule has 92 valence electrons. The van der Waals surface area contributed by atoms with E-state index in [9.17, 15) is 9.59 Å². The number of carbonyl (C=O) groups excluding carboxylic acids is 2. The molecule has 0 bridgehead atoms. The predicted molar refractivity (Wildman–Crippen MR) is 59.9 cm³/mol. The first kappa shape index (κ1) is 13.0. The van der Waals surface area contributed by atoms with Crippen molar-refractivity contribution in [2.45, 2.75) is 38.6 Å². The maximum Gasteiger partial charge on any atom is 0.307 e. The molecule has 0 radical (unpaired) electrons. The summed E-state index contributed by atoms with van der Waals surface area (Å²) in [4.78, 5) is 22.2. The number of ether oxygens (including phenoxy) is 1. The van der Waals surface area contributed by atoms with Crippen molar-refractivity contribution in [3.8, 4) is 0 Å². The fraction of sp³-hybridized carbons (Fsp3) is 0.818. The summed E-state index contributed by atoms with van der Waals surface area (Å²) >= 11 is 0. The number of amides is 1. The molecule has 0 heterocycles.